The predicted octanol–water partition coefficient (Wildman–Crippen LogP) is 3.36. The van der Waals surface area contributed by atoms with E-state index in [9.17, 15) is 4.21 Å². The molecule has 1 aliphatic carbocycles. The van der Waals surface area contributed by atoms with E-state index in [1.54, 1.807) is 0 Å². The summed E-state index contributed by atoms with van der Waals surface area (Å²) in [6, 6.07) is 14.3. The first-order valence-electron chi connectivity index (χ1n) is 8.33. The quantitative estimate of drug-likeness (QED) is 0.826. The lowest BCUT2D eigenvalue weighted by molar-refractivity contribution is 0.220. The molecular weight excluding hydrogens is 306 g/mol. The number of aliphatic hydroxyl groups excluding tert-OH is 1. The SMILES string of the molecule is C=S(=O)(NC1CCC(CCO)CC1)c1ccc2ccccc2c1. The van der Waals surface area contributed by atoms with Gasteiger partial charge in [0.15, 0.2) is 0 Å². The summed E-state index contributed by atoms with van der Waals surface area (Å²) >= 11 is 0. The molecule has 2 N–H and O–H groups in total. The Kier molecular flexibility index (Phi) is 5.05. The Morgan fingerprint density at radius 2 is 1.78 bits per heavy atom. The van der Waals surface area contributed by atoms with E-state index in [0.29, 0.717) is 5.92 Å². The lowest BCUT2D eigenvalue weighted by Crippen LogP contribution is -2.37. The van der Waals surface area contributed by atoms with Crippen LogP contribution in [0.3, 0.4) is 0 Å². The number of benzene rings is 2. The second-order valence-corrected chi connectivity index (χ2v) is 8.59. The van der Waals surface area contributed by atoms with Gasteiger partial charge in [-0.2, -0.15) is 0 Å². The monoisotopic (exact) mass is 331 g/mol. The van der Waals surface area contributed by atoms with Gasteiger partial charge in [0.2, 0.25) is 0 Å². The zero-order valence-corrected chi connectivity index (χ0v) is 14.2. The van der Waals surface area contributed by atoms with E-state index in [1.165, 1.54) is 0 Å². The molecule has 3 nitrogen and oxygen atoms in total. The lowest BCUT2D eigenvalue weighted by atomic mass is 9.85. The maximum Gasteiger partial charge on any atom is 0.0535 e. The first-order chi connectivity index (χ1) is 11.1. The van der Waals surface area contributed by atoms with Gasteiger partial charge in [-0.1, -0.05) is 30.3 Å². The molecule has 3 rings (SSSR count). The highest BCUT2D eigenvalue weighted by molar-refractivity contribution is 7.98. The number of aliphatic hydroxyl groups is 1. The van der Waals surface area contributed by atoms with Crippen LogP contribution in [0.4, 0.5) is 0 Å². The highest BCUT2D eigenvalue weighted by atomic mass is 32.2. The fraction of sp³-hybridized carbons (Fsp3) is 0.421. The Morgan fingerprint density at radius 3 is 2.48 bits per heavy atom. The first-order valence-corrected chi connectivity index (χ1v) is 10.1. The van der Waals surface area contributed by atoms with Crippen molar-refractivity contribution in [3.05, 3.63) is 42.5 Å². The van der Waals surface area contributed by atoms with E-state index < -0.39 is 9.71 Å². The van der Waals surface area contributed by atoms with Crippen LogP contribution in [0.1, 0.15) is 32.1 Å². The number of hydrogen-bond acceptors (Lipinski definition) is 2. The van der Waals surface area contributed by atoms with Crippen molar-refractivity contribution in [3.8, 4) is 0 Å². The van der Waals surface area contributed by atoms with Crippen molar-refractivity contribution in [1.82, 2.24) is 4.72 Å². The molecule has 4 heteroatoms. The van der Waals surface area contributed by atoms with Crippen molar-refractivity contribution < 1.29 is 9.32 Å². The minimum atomic E-state index is -2.48. The van der Waals surface area contributed by atoms with Crippen LogP contribution in [-0.2, 0) is 9.71 Å². The van der Waals surface area contributed by atoms with Crippen molar-refractivity contribution >= 4 is 26.4 Å². The molecule has 1 aliphatic rings. The van der Waals surface area contributed by atoms with Gasteiger partial charge in [0, 0.05) is 17.5 Å². The summed E-state index contributed by atoms with van der Waals surface area (Å²) in [5, 5.41) is 11.3. The molecule has 0 aliphatic heterocycles. The molecule has 1 atom stereocenters. The highest BCUT2D eigenvalue weighted by Crippen LogP contribution is 2.28. The van der Waals surface area contributed by atoms with Gasteiger partial charge in [0.05, 0.1) is 9.71 Å². The van der Waals surface area contributed by atoms with E-state index in [2.05, 4.69) is 16.7 Å². The van der Waals surface area contributed by atoms with Crippen molar-refractivity contribution in [2.24, 2.45) is 5.92 Å². The molecule has 1 unspecified atom stereocenters. The average molecular weight is 331 g/mol. The Labute approximate surface area is 138 Å². The van der Waals surface area contributed by atoms with Gasteiger partial charge in [0.1, 0.15) is 0 Å². The van der Waals surface area contributed by atoms with Crippen LogP contribution in [-0.4, -0.2) is 27.8 Å². The van der Waals surface area contributed by atoms with E-state index in [0.717, 1.165) is 47.8 Å². The maximum atomic E-state index is 13.0. The zero-order chi connectivity index (χ0) is 16.3. The second kappa shape index (κ2) is 7.04. The number of fused-ring (bicyclic) bond motifs is 1. The van der Waals surface area contributed by atoms with E-state index in [4.69, 9.17) is 5.11 Å². The maximum absolute atomic E-state index is 13.0. The highest BCUT2D eigenvalue weighted by Gasteiger charge is 2.23. The molecule has 124 valence electrons. The minimum absolute atomic E-state index is 0.251. The van der Waals surface area contributed by atoms with Gasteiger partial charge in [-0.25, -0.2) is 8.93 Å². The molecule has 0 aromatic heterocycles. The molecule has 1 fully saturated rings. The Bertz CT molecular complexity index is 762. The Balaban J connectivity index is 1.71. The predicted molar refractivity (Wildman–Crippen MR) is 98.1 cm³/mol. The summed E-state index contributed by atoms with van der Waals surface area (Å²) in [6.45, 7) is 0.270. The van der Waals surface area contributed by atoms with Crippen LogP contribution in [0.25, 0.3) is 10.8 Å². The standard InChI is InChI=1S/C19H25NO2S/c1-23(22,20-18-9-6-15(7-10-18)12-13-21)19-11-8-16-4-2-3-5-17(16)14-19/h2-5,8,11,14-15,18,21H,1,6-7,9-10,12-13H2,(H,20,22). The molecular formula is C19H25NO2S. The van der Waals surface area contributed by atoms with Gasteiger partial charge >= 0.3 is 0 Å². The summed E-state index contributed by atoms with van der Waals surface area (Å²) in [4.78, 5) is 0.772. The second-order valence-electron chi connectivity index (χ2n) is 6.53. The van der Waals surface area contributed by atoms with Crippen molar-refractivity contribution in [1.29, 1.82) is 0 Å². The Morgan fingerprint density at radius 1 is 1.09 bits per heavy atom. The van der Waals surface area contributed by atoms with Crippen molar-refractivity contribution in [3.63, 3.8) is 0 Å². The molecule has 0 heterocycles. The normalized spacial score (nSPS) is 24.4. The van der Waals surface area contributed by atoms with Crippen LogP contribution in [0.15, 0.2) is 47.4 Å². The molecule has 0 spiro atoms. The summed E-state index contributed by atoms with van der Waals surface area (Å²) in [7, 11) is -2.48. The average Bonchev–Trinajstić information content (AvgIpc) is 2.56. The summed E-state index contributed by atoms with van der Waals surface area (Å²) in [6.07, 6.45) is 5.07. The Hall–Kier alpha value is -1.36. The van der Waals surface area contributed by atoms with Gasteiger partial charge in [0.25, 0.3) is 0 Å². The smallest absolute Gasteiger partial charge is 0.0535 e. The molecule has 0 saturated heterocycles. The van der Waals surface area contributed by atoms with Crippen LogP contribution in [0, 0.1) is 5.92 Å². The number of hydrogen-bond donors (Lipinski definition) is 2. The molecule has 23 heavy (non-hydrogen) atoms. The van der Waals surface area contributed by atoms with Gasteiger partial charge < -0.3 is 5.11 Å². The fourth-order valence-corrected chi connectivity index (χ4v) is 4.98. The van der Waals surface area contributed by atoms with Gasteiger partial charge in [-0.3, -0.25) is 0 Å². The molecule has 0 radical (unpaired) electrons. The third-order valence-electron chi connectivity index (χ3n) is 4.84. The van der Waals surface area contributed by atoms with Crippen LogP contribution in [0.5, 0.6) is 0 Å². The number of rotatable bonds is 5. The van der Waals surface area contributed by atoms with Crippen molar-refractivity contribution in [2.75, 3.05) is 6.61 Å². The third-order valence-corrected chi connectivity index (χ3v) is 6.57. The molecule has 0 amide bonds. The van der Waals surface area contributed by atoms with Crippen LogP contribution in [0.2, 0.25) is 0 Å². The molecule has 0 bridgehead atoms. The third kappa shape index (κ3) is 3.94. The summed E-state index contributed by atoms with van der Waals surface area (Å²) < 4.78 is 16.3. The largest absolute Gasteiger partial charge is 0.396 e. The lowest BCUT2D eigenvalue weighted by Gasteiger charge is -2.30. The van der Waals surface area contributed by atoms with E-state index >= 15 is 0 Å². The molecule has 2 aromatic rings. The van der Waals surface area contributed by atoms with Crippen LogP contribution >= 0.6 is 0 Å². The minimum Gasteiger partial charge on any atom is -0.396 e. The fourth-order valence-electron chi connectivity index (χ4n) is 3.46. The van der Waals surface area contributed by atoms with Gasteiger partial charge in [-0.15, -0.1) is 0 Å². The van der Waals surface area contributed by atoms with Crippen molar-refractivity contribution in [2.45, 2.75) is 43.0 Å². The molecule has 2 aromatic carbocycles. The number of nitrogens with one attached hydrogen (secondary N) is 1. The summed E-state index contributed by atoms with van der Waals surface area (Å²) in [5.41, 5.74) is 0. The summed E-state index contributed by atoms with van der Waals surface area (Å²) in [5.74, 6) is 4.58. The van der Waals surface area contributed by atoms with E-state index in [1.807, 2.05) is 36.4 Å². The zero-order valence-electron chi connectivity index (χ0n) is 13.4. The molecule has 1 saturated carbocycles. The van der Waals surface area contributed by atoms with E-state index in [-0.39, 0.29) is 12.6 Å². The topological polar surface area (TPSA) is 49.3 Å². The van der Waals surface area contributed by atoms with Gasteiger partial charge in [-0.05, 0) is 66.8 Å². The first kappa shape index (κ1) is 16.5. The van der Waals surface area contributed by atoms with Crippen LogP contribution < -0.4 is 4.72 Å².